The first kappa shape index (κ1) is 16.7. The summed E-state index contributed by atoms with van der Waals surface area (Å²) in [5, 5.41) is 12.0. The SMILES string of the molecule is C=CCOc1ccc(C(=O)O)c(C2=NC(C)(C(C)C)C(=O)N2)n1. The lowest BCUT2D eigenvalue weighted by Crippen LogP contribution is -2.41. The van der Waals surface area contributed by atoms with Crippen molar-refractivity contribution >= 4 is 17.7 Å². The summed E-state index contributed by atoms with van der Waals surface area (Å²) in [6.07, 6.45) is 1.55. The number of ether oxygens (including phenoxy) is 1. The van der Waals surface area contributed by atoms with Gasteiger partial charge >= 0.3 is 5.97 Å². The molecule has 1 aromatic rings. The van der Waals surface area contributed by atoms with E-state index < -0.39 is 11.5 Å². The summed E-state index contributed by atoms with van der Waals surface area (Å²) >= 11 is 0. The monoisotopic (exact) mass is 317 g/mol. The van der Waals surface area contributed by atoms with E-state index in [9.17, 15) is 14.7 Å². The first-order valence-corrected chi connectivity index (χ1v) is 7.19. The highest BCUT2D eigenvalue weighted by Gasteiger charge is 2.43. The lowest BCUT2D eigenvalue weighted by atomic mass is 9.89. The molecule has 0 radical (unpaired) electrons. The number of amidine groups is 1. The smallest absolute Gasteiger partial charge is 0.338 e. The Kier molecular flexibility index (Phi) is 4.49. The predicted octanol–water partition coefficient (Wildman–Crippen LogP) is 1.64. The molecule has 0 bridgehead atoms. The van der Waals surface area contributed by atoms with Gasteiger partial charge in [0.05, 0.1) is 5.56 Å². The van der Waals surface area contributed by atoms with Crippen LogP contribution in [0.5, 0.6) is 5.88 Å². The average molecular weight is 317 g/mol. The third kappa shape index (κ3) is 3.08. The van der Waals surface area contributed by atoms with E-state index in [2.05, 4.69) is 21.9 Å². The van der Waals surface area contributed by atoms with Gasteiger partial charge in [0, 0.05) is 6.07 Å². The first-order valence-electron chi connectivity index (χ1n) is 7.19. The first-order chi connectivity index (χ1) is 10.8. The van der Waals surface area contributed by atoms with E-state index in [0.717, 1.165) is 0 Å². The quantitative estimate of drug-likeness (QED) is 0.777. The van der Waals surface area contributed by atoms with Gasteiger partial charge in [0.25, 0.3) is 5.91 Å². The number of nitrogens with one attached hydrogen (secondary N) is 1. The molecule has 1 amide bonds. The zero-order chi connectivity index (χ0) is 17.2. The molecule has 1 atom stereocenters. The summed E-state index contributed by atoms with van der Waals surface area (Å²) in [7, 11) is 0. The minimum atomic E-state index is -1.15. The van der Waals surface area contributed by atoms with E-state index in [1.54, 1.807) is 13.0 Å². The number of hydrogen-bond acceptors (Lipinski definition) is 5. The van der Waals surface area contributed by atoms with Crippen LogP contribution in [0.3, 0.4) is 0 Å². The Morgan fingerprint density at radius 2 is 2.22 bits per heavy atom. The molecule has 1 unspecified atom stereocenters. The van der Waals surface area contributed by atoms with Crippen LogP contribution in [-0.2, 0) is 4.79 Å². The second kappa shape index (κ2) is 6.20. The van der Waals surface area contributed by atoms with Crippen molar-refractivity contribution in [1.29, 1.82) is 0 Å². The molecule has 2 N–H and O–H groups in total. The maximum Gasteiger partial charge on any atom is 0.338 e. The van der Waals surface area contributed by atoms with Crippen molar-refractivity contribution < 1.29 is 19.4 Å². The van der Waals surface area contributed by atoms with Gasteiger partial charge in [-0.15, -0.1) is 0 Å². The van der Waals surface area contributed by atoms with Crippen LogP contribution >= 0.6 is 0 Å². The molecule has 7 nitrogen and oxygen atoms in total. The Balaban J connectivity index is 2.50. The molecule has 0 aromatic carbocycles. The van der Waals surface area contributed by atoms with Gasteiger partial charge in [0.1, 0.15) is 17.8 Å². The molecule has 0 saturated heterocycles. The van der Waals surface area contributed by atoms with Crippen LogP contribution in [0.25, 0.3) is 0 Å². The van der Waals surface area contributed by atoms with Gasteiger partial charge in [0.2, 0.25) is 5.88 Å². The van der Waals surface area contributed by atoms with E-state index in [0.29, 0.717) is 0 Å². The van der Waals surface area contributed by atoms with E-state index in [-0.39, 0.29) is 41.4 Å². The van der Waals surface area contributed by atoms with E-state index in [1.807, 2.05) is 13.8 Å². The van der Waals surface area contributed by atoms with Crippen LogP contribution in [0.4, 0.5) is 0 Å². The molecular formula is C16H19N3O4. The minimum absolute atomic E-state index is 0.0477. The predicted molar refractivity (Wildman–Crippen MR) is 84.8 cm³/mol. The molecule has 2 heterocycles. The lowest BCUT2D eigenvalue weighted by molar-refractivity contribution is -0.124. The number of carboxylic acids is 1. The molecule has 122 valence electrons. The van der Waals surface area contributed by atoms with Crippen LogP contribution in [0.1, 0.15) is 36.8 Å². The molecular weight excluding hydrogens is 298 g/mol. The lowest BCUT2D eigenvalue weighted by Gasteiger charge is -2.21. The third-order valence-electron chi connectivity index (χ3n) is 3.83. The number of amides is 1. The molecule has 1 aliphatic rings. The number of aliphatic imine (C=N–C) groups is 1. The molecule has 2 rings (SSSR count). The highest BCUT2D eigenvalue weighted by atomic mass is 16.5. The fourth-order valence-corrected chi connectivity index (χ4v) is 2.07. The van der Waals surface area contributed by atoms with E-state index in [1.165, 1.54) is 12.1 Å². The van der Waals surface area contributed by atoms with Crippen LogP contribution in [0.15, 0.2) is 29.8 Å². The second-order valence-electron chi connectivity index (χ2n) is 5.67. The number of pyridine rings is 1. The van der Waals surface area contributed by atoms with Gasteiger partial charge in [-0.25, -0.2) is 14.8 Å². The summed E-state index contributed by atoms with van der Waals surface area (Å²) < 4.78 is 5.33. The largest absolute Gasteiger partial charge is 0.478 e. The van der Waals surface area contributed by atoms with Gasteiger partial charge in [-0.3, -0.25) is 4.79 Å². The topological polar surface area (TPSA) is 101 Å². The standard InChI is InChI=1S/C16H19N3O4/c1-5-8-23-11-7-6-10(14(20)21)12(17-11)13-18-15(22)16(4,19-13)9(2)3/h5-7,9H,1,8H2,2-4H3,(H,20,21)(H,18,19,22). The van der Waals surface area contributed by atoms with Crippen molar-refractivity contribution in [2.24, 2.45) is 10.9 Å². The van der Waals surface area contributed by atoms with Gasteiger partial charge in [0.15, 0.2) is 5.84 Å². The second-order valence-corrected chi connectivity index (χ2v) is 5.67. The van der Waals surface area contributed by atoms with Crippen molar-refractivity contribution in [3.05, 3.63) is 36.0 Å². The van der Waals surface area contributed by atoms with Gasteiger partial charge in [-0.2, -0.15) is 0 Å². The zero-order valence-corrected chi connectivity index (χ0v) is 13.3. The number of nitrogens with zero attached hydrogens (tertiary/aromatic N) is 2. The Morgan fingerprint density at radius 3 is 2.74 bits per heavy atom. The van der Waals surface area contributed by atoms with Gasteiger partial charge in [-0.05, 0) is 18.9 Å². The molecule has 0 aliphatic carbocycles. The summed E-state index contributed by atoms with van der Waals surface area (Å²) in [6.45, 7) is 9.24. The number of aromatic nitrogens is 1. The summed E-state index contributed by atoms with van der Waals surface area (Å²) in [6, 6.07) is 2.83. The van der Waals surface area contributed by atoms with Crippen molar-refractivity contribution in [2.45, 2.75) is 26.3 Å². The normalized spacial score (nSPS) is 20.2. The summed E-state index contributed by atoms with van der Waals surface area (Å²) in [4.78, 5) is 32.2. The van der Waals surface area contributed by atoms with Crippen molar-refractivity contribution in [3.63, 3.8) is 0 Å². The average Bonchev–Trinajstić information content (AvgIpc) is 2.81. The Labute approximate surface area is 134 Å². The Bertz CT molecular complexity index is 697. The highest BCUT2D eigenvalue weighted by molar-refractivity contribution is 6.17. The molecule has 1 aromatic heterocycles. The molecule has 0 fully saturated rings. The van der Waals surface area contributed by atoms with Crippen LogP contribution < -0.4 is 10.1 Å². The van der Waals surface area contributed by atoms with Crippen LogP contribution in [-0.4, -0.2) is 39.9 Å². The van der Waals surface area contributed by atoms with Crippen molar-refractivity contribution in [2.75, 3.05) is 6.61 Å². The number of carbonyl (C=O) groups excluding carboxylic acids is 1. The maximum absolute atomic E-state index is 12.2. The molecule has 23 heavy (non-hydrogen) atoms. The highest BCUT2D eigenvalue weighted by Crippen LogP contribution is 2.27. The number of carboxylic acid groups (broad SMARTS) is 1. The minimum Gasteiger partial charge on any atom is -0.478 e. The molecule has 1 aliphatic heterocycles. The number of aromatic carboxylic acids is 1. The Morgan fingerprint density at radius 1 is 1.52 bits per heavy atom. The number of hydrogen-bond donors (Lipinski definition) is 2. The maximum atomic E-state index is 12.2. The van der Waals surface area contributed by atoms with Crippen molar-refractivity contribution in [3.8, 4) is 5.88 Å². The van der Waals surface area contributed by atoms with E-state index >= 15 is 0 Å². The summed E-state index contributed by atoms with van der Waals surface area (Å²) in [5.74, 6) is -1.10. The molecule has 0 saturated carbocycles. The Hall–Kier alpha value is -2.70. The van der Waals surface area contributed by atoms with Gasteiger partial charge in [-0.1, -0.05) is 26.5 Å². The molecule has 7 heteroatoms. The number of rotatable bonds is 6. The summed E-state index contributed by atoms with van der Waals surface area (Å²) in [5.41, 5.74) is -0.926. The van der Waals surface area contributed by atoms with Gasteiger partial charge < -0.3 is 15.2 Å². The third-order valence-corrected chi connectivity index (χ3v) is 3.83. The fraction of sp³-hybridized carbons (Fsp3) is 0.375. The zero-order valence-electron chi connectivity index (χ0n) is 13.3. The van der Waals surface area contributed by atoms with Crippen LogP contribution in [0, 0.1) is 5.92 Å². The fourth-order valence-electron chi connectivity index (χ4n) is 2.07. The van der Waals surface area contributed by atoms with Crippen molar-refractivity contribution in [1.82, 2.24) is 10.3 Å². The number of carbonyl (C=O) groups is 2. The molecule has 0 spiro atoms. The van der Waals surface area contributed by atoms with E-state index in [4.69, 9.17) is 4.74 Å². The van der Waals surface area contributed by atoms with Crippen LogP contribution in [0.2, 0.25) is 0 Å².